The number of carbonyl (C=O) groups excluding carboxylic acids is 1. The van der Waals surface area contributed by atoms with Crippen LogP contribution >= 0.6 is 11.3 Å². The van der Waals surface area contributed by atoms with Crippen LogP contribution in [0.1, 0.15) is 29.2 Å². The molecule has 23 heavy (non-hydrogen) atoms. The number of hydrogen-bond donors (Lipinski definition) is 1. The maximum absolute atomic E-state index is 12.0. The number of methoxy groups -OCH3 is 2. The maximum Gasteiger partial charge on any atom is 0.244 e. The molecule has 0 aliphatic rings. The lowest BCUT2D eigenvalue weighted by molar-refractivity contribution is -0.117. The predicted octanol–water partition coefficient (Wildman–Crippen LogP) is 3.36. The minimum absolute atomic E-state index is 0.123. The third-order valence-corrected chi connectivity index (χ3v) is 4.07. The second kappa shape index (κ2) is 7.78. The molecule has 1 unspecified atom stereocenters. The van der Waals surface area contributed by atoms with Gasteiger partial charge in [-0.1, -0.05) is 6.07 Å². The van der Waals surface area contributed by atoms with Crippen molar-refractivity contribution in [3.8, 4) is 11.5 Å². The average Bonchev–Trinajstić information content (AvgIpc) is 2.99. The Labute approximate surface area is 140 Å². The molecule has 1 aromatic heterocycles. The number of carbonyl (C=O) groups is 1. The highest BCUT2D eigenvalue weighted by atomic mass is 32.1. The third-order valence-electron chi connectivity index (χ3n) is 3.27. The Bertz CT molecular complexity index is 710. The van der Waals surface area contributed by atoms with E-state index in [0.29, 0.717) is 11.5 Å². The molecular formula is C17H20N2O3S. The third kappa shape index (κ3) is 4.56. The molecule has 2 aromatic rings. The highest BCUT2D eigenvalue weighted by Crippen LogP contribution is 2.27. The summed E-state index contributed by atoms with van der Waals surface area (Å²) in [6.07, 6.45) is 3.23. The summed E-state index contributed by atoms with van der Waals surface area (Å²) in [4.78, 5) is 16.4. The van der Waals surface area contributed by atoms with Crippen molar-refractivity contribution in [2.75, 3.05) is 14.2 Å². The molecule has 2 rings (SSSR count). The Hall–Kier alpha value is -2.34. The second-order valence-corrected chi connectivity index (χ2v) is 6.03. The van der Waals surface area contributed by atoms with Gasteiger partial charge in [0.15, 0.2) is 11.5 Å². The number of nitrogens with zero attached hydrogens (tertiary/aromatic N) is 1. The van der Waals surface area contributed by atoms with Crippen LogP contribution in [0, 0.1) is 6.92 Å². The summed E-state index contributed by atoms with van der Waals surface area (Å²) in [7, 11) is 3.16. The van der Waals surface area contributed by atoms with E-state index in [0.717, 1.165) is 16.3 Å². The van der Waals surface area contributed by atoms with E-state index in [1.165, 1.54) is 6.08 Å². The molecular weight excluding hydrogens is 312 g/mol. The molecule has 0 spiro atoms. The Morgan fingerprint density at radius 2 is 2.04 bits per heavy atom. The van der Waals surface area contributed by atoms with Gasteiger partial charge in [-0.05, 0) is 37.6 Å². The second-order valence-electron chi connectivity index (χ2n) is 4.97. The highest BCUT2D eigenvalue weighted by molar-refractivity contribution is 7.09. The summed E-state index contributed by atoms with van der Waals surface area (Å²) in [6, 6.07) is 5.35. The fourth-order valence-corrected chi connectivity index (χ4v) is 2.75. The lowest BCUT2D eigenvalue weighted by Crippen LogP contribution is -2.24. The summed E-state index contributed by atoms with van der Waals surface area (Å²) in [6.45, 7) is 3.86. The fourth-order valence-electron chi connectivity index (χ4n) is 2.04. The maximum atomic E-state index is 12.0. The molecule has 0 bridgehead atoms. The molecule has 0 fully saturated rings. The van der Waals surface area contributed by atoms with Crippen LogP contribution in [0.25, 0.3) is 6.08 Å². The molecule has 0 aliphatic heterocycles. The summed E-state index contributed by atoms with van der Waals surface area (Å²) in [5, 5.41) is 5.84. The zero-order valence-corrected chi connectivity index (χ0v) is 14.4. The van der Waals surface area contributed by atoms with Crippen molar-refractivity contribution in [2.24, 2.45) is 0 Å². The molecule has 1 amide bonds. The molecule has 1 atom stereocenters. The Morgan fingerprint density at radius 1 is 1.30 bits per heavy atom. The van der Waals surface area contributed by atoms with Crippen molar-refractivity contribution in [1.82, 2.24) is 10.3 Å². The quantitative estimate of drug-likeness (QED) is 0.824. The van der Waals surface area contributed by atoms with Crippen molar-refractivity contribution in [3.05, 3.63) is 45.9 Å². The minimum Gasteiger partial charge on any atom is -0.493 e. The molecule has 1 aromatic carbocycles. The monoisotopic (exact) mass is 332 g/mol. The van der Waals surface area contributed by atoms with Gasteiger partial charge in [-0.15, -0.1) is 11.3 Å². The first-order valence-corrected chi connectivity index (χ1v) is 8.04. The van der Waals surface area contributed by atoms with E-state index >= 15 is 0 Å². The van der Waals surface area contributed by atoms with Crippen LogP contribution in [0.3, 0.4) is 0 Å². The zero-order chi connectivity index (χ0) is 16.8. The van der Waals surface area contributed by atoms with E-state index in [1.807, 2.05) is 31.4 Å². The first kappa shape index (κ1) is 17.0. The summed E-state index contributed by atoms with van der Waals surface area (Å²) < 4.78 is 10.4. The van der Waals surface area contributed by atoms with E-state index in [4.69, 9.17) is 9.47 Å². The highest BCUT2D eigenvalue weighted by Gasteiger charge is 2.10. The van der Waals surface area contributed by atoms with Crippen LogP contribution in [0.5, 0.6) is 11.5 Å². The largest absolute Gasteiger partial charge is 0.493 e. The lowest BCUT2D eigenvalue weighted by Gasteiger charge is -2.09. The number of ether oxygens (including phenoxy) is 2. The van der Waals surface area contributed by atoms with Gasteiger partial charge in [0.25, 0.3) is 0 Å². The first-order valence-electron chi connectivity index (χ1n) is 7.16. The molecule has 0 aliphatic carbocycles. The Kier molecular flexibility index (Phi) is 5.76. The van der Waals surface area contributed by atoms with Gasteiger partial charge in [-0.25, -0.2) is 4.98 Å². The van der Waals surface area contributed by atoms with Gasteiger partial charge in [-0.3, -0.25) is 4.79 Å². The number of aromatic nitrogens is 1. The van der Waals surface area contributed by atoms with E-state index < -0.39 is 0 Å². The Balaban J connectivity index is 2.00. The zero-order valence-electron chi connectivity index (χ0n) is 13.6. The van der Waals surface area contributed by atoms with Gasteiger partial charge in [-0.2, -0.15) is 0 Å². The first-order chi connectivity index (χ1) is 11.0. The van der Waals surface area contributed by atoms with Gasteiger partial charge in [0.2, 0.25) is 5.91 Å². The Morgan fingerprint density at radius 3 is 2.65 bits per heavy atom. The number of nitrogens with one attached hydrogen (secondary N) is 1. The van der Waals surface area contributed by atoms with E-state index in [9.17, 15) is 4.79 Å². The minimum atomic E-state index is -0.169. The van der Waals surface area contributed by atoms with E-state index in [-0.39, 0.29) is 11.9 Å². The average molecular weight is 332 g/mol. The molecule has 1 heterocycles. The van der Waals surface area contributed by atoms with Gasteiger partial charge in [0.05, 0.1) is 31.0 Å². The number of hydrogen-bond acceptors (Lipinski definition) is 5. The number of amides is 1. The van der Waals surface area contributed by atoms with Crippen LogP contribution in [0.15, 0.2) is 29.7 Å². The van der Waals surface area contributed by atoms with Gasteiger partial charge in [0, 0.05) is 11.5 Å². The number of benzene rings is 1. The molecule has 0 saturated heterocycles. The number of rotatable bonds is 6. The fraction of sp³-hybridized carbons (Fsp3) is 0.294. The normalized spacial score (nSPS) is 12.2. The lowest BCUT2D eigenvalue weighted by atomic mass is 10.2. The standard InChI is InChI=1S/C17H20N2O3S/c1-11(14-10-23-12(2)19-14)18-17(20)8-6-13-5-7-15(21-3)16(9-13)22-4/h5-11H,1-4H3,(H,18,20)/b8-6+. The van der Waals surface area contributed by atoms with Gasteiger partial charge < -0.3 is 14.8 Å². The van der Waals surface area contributed by atoms with E-state index in [2.05, 4.69) is 10.3 Å². The van der Waals surface area contributed by atoms with Crippen LogP contribution in [-0.4, -0.2) is 25.1 Å². The summed E-state index contributed by atoms with van der Waals surface area (Å²) in [5.74, 6) is 1.11. The van der Waals surface area contributed by atoms with Crippen LogP contribution in [-0.2, 0) is 4.79 Å². The molecule has 0 radical (unpaired) electrons. The molecule has 6 heteroatoms. The van der Waals surface area contributed by atoms with Gasteiger partial charge in [0.1, 0.15) is 0 Å². The van der Waals surface area contributed by atoms with Crippen LogP contribution in [0.4, 0.5) is 0 Å². The van der Waals surface area contributed by atoms with Crippen molar-refractivity contribution < 1.29 is 14.3 Å². The van der Waals surface area contributed by atoms with E-state index in [1.54, 1.807) is 37.7 Å². The molecule has 1 N–H and O–H groups in total. The van der Waals surface area contributed by atoms with Crippen molar-refractivity contribution in [2.45, 2.75) is 19.9 Å². The number of thiazole rings is 1. The van der Waals surface area contributed by atoms with Crippen molar-refractivity contribution in [1.29, 1.82) is 0 Å². The molecule has 5 nitrogen and oxygen atoms in total. The molecule has 122 valence electrons. The predicted molar refractivity (Wildman–Crippen MR) is 92.0 cm³/mol. The summed E-state index contributed by atoms with van der Waals surface area (Å²) in [5.41, 5.74) is 1.73. The topological polar surface area (TPSA) is 60.5 Å². The van der Waals surface area contributed by atoms with Crippen LogP contribution < -0.4 is 14.8 Å². The van der Waals surface area contributed by atoms with Crippen molar-refractivity contribution in [3.63, 3.8) is 0 Å². The van der Waals surface area contributed by atoms with Crippen molar-refractivity contribution >= 4 is 23.3 Å². The smallest absolute Gasteiger partial charge is 0.244 e. The SMILES string of the molecule is COc1ccc(/C=C/C(=O)NC(C)c2csc(C)n2)cc1OC. The van der Waals surface area contributed by atoms with Gasteiger partial charge >= 0.3 is 0 Å². The van der Waals surface area contributed by atoms with Crippen LogP contribution in [0.2, 0.25) is 0 Å². The molecule has 0 saturated carbocycles. The summed E-state index contributed by atoms with van der Waals surface area (Å²) >= 11 is 1.57. The number of aryl methyl sites for hydroxylation is 1.